The molecule has 1 N–H and O–H groups in total. The largest absolute Gasteiger partial charge is 0.363 e. The minimum atomic E-state index is 0.487. The molecular formula is C9H18N2S. The number of hydrogen-bond donors (Lipinski definition) is 1. The molecule has 0 aromatic rings. The van der Waals surface area contributed by atoms with Crippen LogP contribution < -0.4 is 5.32 Å². The molecule has 1 rings (SSSR count). The molecule has 0 spiro atoms. The highest BCUT2D eigenvalue weighted by molar-refractivity contribution is 8.14. The minimum Gasteiger partial charge on any atom is -0.363 e. The molecule has 0 radical (unpaired) electrons. The van der Waals surface area contributed by atoms with E-state index in [0.717, 1.165) is 5.17 Å². The SMILES string of the molecule is CCC1SC(NC(C)C)=NC1C. The molecule has 0 saturated carbocycles. The van der Waals surface area contributed by atoms with Crippen molar-refractivity contribution in [3.8, 4) is 0 Å². The van der Waals surface area contributed by atoms with Crippen LogP contribution in [0.5, 0.6) is 0 Å². The summed E-state index contributed by atoms with van der Waals surface area (Å²) in [5.41, 5.74) is 0. The van der Waals surface area contributed by atoms with Gasteiger partial charge in [-0.3, -0.25) is 4.99 Å². The van der Waals surface area contributed by atoms with Crippen molar-refractivity contribution in [2.75, 3.05) is 0 Å². The Kier molecular flexibility index (Phi) is 3.44. The zero-order valence-corrected chi connectivity index (χ0v) is 9.11. The number of thioether (sulfide) groups is 1. The van der Waals surface area contributed by atoms with E-state index < -0.39 is 0 Å². The average molecular weight is 186 g/mol. The third kappa shape index (κ3) is 2.41. The molecule has 3 heteroatoms. The molecule has 2 unspecified atom stereocenters. The van der Waals surface area contributed by atoms with Crippen LogP contribution in [0.25, 0.3) is 0 Å². The Hall–Kier alpha value is -0.180. The zero-order valence-electron chi connectivity index (χ0n) is 8.29. The summed E-state index contributed by atoms with van der Waals surface area (Å²) in [6.07, 6.45) is 1.21. The summed E-state index contributed by atoms with van der Waals surface area (Å²) in [5, 5.41) is 5.16. The number of hydrogen-bond acceptors (Lipinski definition) is 3. The second-order valence-electron chi connectivity index (χ2n) is 3.54. The maximum atomic E-state index is 4.55. The smallest absolute Gasteiger partial charge is 0.157 e. The molecule has 0 aromatic heterocycles. The van der Waals surface area contributed by atoms with Gasteiger partial charge in [0.05, 0.1) is 6.04 Å². The van der Waals surface area contributed by atoms with Gasteiger partial charge in [0.2, 0.25) is 0 Å². The van der Waals surface area contributed by atoms with Crippen LogP contribution in [0, 0.1) is 0 Å². The van der Waals surface area contributed by atoms with Gasteiger partial charge in [-0.2, -0.15) is 0 Å². The lowest BCUT2D eigenvalue weighted by Gasteiger charge is -2.10. The van der Waals surface area contributed by atoms with Crippen molar-refractivity contribution in [2.45, 2.75) is 51.4 Å². The predicted molar refractivity (Wildman–Crippen MR) is 56.8 cm³/mol. The predicted octanol–water partition coefficient (Wildman–Crippen LogP) is 2.25. The summed E-state index contributed by atoms with van der Waals surface area (Å²) in [6, 6.07) is 0.986. The van der Waals surface area contributed by atoms with E-state index in [0.29, 0.717) is 17.3 Å². The fourth-order valence-corrected chi connectivity index (χ4v) is 2.53. The maximum absolute atomic E-state index is 4.55. The zero-order chi connectivity index (χ0) is 9.14. The molecule has 2 nitrogen and oxygen atoms in total. The number of rotatable bonds is 2. The Morgan fingerprint density at radius 2 is 2.25 bits per heavy atom. The Morgan fingerprint density at radius 3 is 2.67 bits per heavy atom. The Labute approximate surface area is 79.2 Å². The molecule has 0 bridgehead atoms. The molecule has 0 saturated heterocycles. The Morgan fingerprint density at radius 1 is 1.58 bits per heavy atom. The first-order valence-electron chi connectivity index (χ1n) is 4.64. The van der Waals surface area contributed by atoms with Crippen molar-refractivity contribution in [3.05, 3.63) is 0 Å². The molecule has 70 valence electrons. The number of amidine groups is 1. The molecule has 0 aliphatic carbocycles. The normalized spacial score (nSPS) is 29.2. The van der Waals surface area contributed by atoms with Gasteiger partial charge >= 0.3 is 0 Å². The van der Waals surface area contributed by atoms with Crippen LogP contribution >= 0.6 is 11.8 Å². The van der Waals surface area contributed by atoms with Gasteiger partial charge in [-0.25, -0.2) is 0 Å². The second-order valence-corrected chi connectivity index (χ2v) is 4.77. The quantitative estimate of drug-likeness (QED) is 0.715. The standard InChI is InChI=1S/C9H18N2S/c1-5-8-7(4)11-9(12-8)10-6(2)3/h6-8H,5H2,1-4H3,(H,10,11). The molecule has 0 aromatic carbocycles. The molecule has 0 fully saturated rings. The lowest BCUT2D eigenvalue weighted by molar-refractivity contribution is 0.679. The fraction of sp³-hybridized carbons (Fsp3) is 0.889. The fourth-order valence-electron chi connectivity index (χ4n) is 1.28. The van der Waals surface area contributed by atoms with Crippen molar-refractivity contribution in [2.24, 2.45) is 4.99 Å². The van der Waals surface area contributed by atoms with Crippen molar-refractivity contribution >= 4 is 16.9 Å². The van der Waals surface area contributed by atoms with E-state index in [1.165, 1.54) is 6.42 Å². The summed E-state index contributed by atoms with van der Waals surface area (Å²) >= 11 is 1.89. The maximum Gasteiger partial charge on any atom is 0.157 e. The molecule has 1 aliphatic rings. The lowest BCUT2D eigenvalue weighted by atomic mass is 10.2. The van der Waals surface area contributed by atoms with Crippen molar-refractivity contribution in [1.82, 2.24) is 5.32 Å². The highest BCUT2D eigenvalue weighted by Gasteiger charge is 2.24. The summed E-state index contributed by atoms with van der Waals surface area (Å²) in [6.45, 7) is 8.71. The van der Waals surface area contributed by atoms with E-state index in [9.17, 15) is 0 Å². The lowest BCUT2D eigenvalue weighted by Crippen LogP contribution is -2.27. The number of nitrogens with one attached hydrogen (secondary N) is 1. The van der Waals surface area contributed by atoms with Crippen LogP contribution in [0.2, 0.25) is 0 Å². The third-order valence-electron chi connectivity index (χ3n) is 1.94. The Balaban J connectivity index is 2.44. The van der Waals surface area contributed by atoms with Crippen molar-refractivity contribution < 1.29 is 0 Å². The van der Waals surface area contributed by atoms with Crippen LogP contribution in [0.1, 0.15) is 34.1 Å². The van der Waals surface area contributed by atoms with E-state index in [1.54, 1.807) is 0 Å². The van der Waals surface area contributed by atoms with Crippen LogP contribution in [0.3, 0.4) is 0 Å². The van der Waals surface area contributed by atoms with Crippen LogP contribution in [-0.4, -0.2) is 22.5 Å². The molecule has 2 atom stereocenters. The van der Waals surface area contributed by atoms with E-state index >= 15 is 0 Å². The summed E-state index contributed by atoms with van der Waals surface area (Å²) in [7, 11) is 0. The summed E-state index contributed by atoms with van der Waals surface area (Å²) < 4.78 is 0. The topological polar surface area (TPSA) is 24.4 Å². The molecule has 1 heterocycles. The van der Waals surface area contributed by atoms with Gasteiger partial charge in [0.1, 0.15) is 0 Å². The average Bonchev–Trinajstić information content (AvgIpc) is 2.29. The highest BCUT2D eigenvalue weighted by atomic mass is 32.2. The molecular weight excluding hydrogens is 168 g/mol. The van der Waals surface area contributed by atoms with Gasteiger partial charge in [0.25, 0.3) is 0 Å². The summed E-state index contributed by atoms with van der Waals surface area (Å²) in [5.74, 6) is 0. The van der Waals surface area contributed by atoms with E-state index in [1.807, 2.05) is 11.8 Å². The van der Waals surface area contributed by atoms with E-state index in [-0.39, 0.29) is 0 Å². The van der Waals surface area contributed by atoms with E-state index in [2.05, 4.69) is 38.0 Å². The number of nitrogens with zero attached hydrogens (tertiary/aromatic N) is 1. The van der Waals surface area contributed by atoms with Crippen LogP contribution in [0.4, 0.5) is 0 Å². The van der Waals surface area contributed by atoms with Crippen LogP contribution in [0.15, 0.2) is 4.99 Å². The van der Waals surface area contributed by atoms with E-state index in [4.69, 9.17) is 0 Å². The van der Waals surface area contributed by atoms with Crippen molar-refractivity contribution in [1.29, 1.82) is 0 Å². The minimum absolute atomic E-state index is 0.487. The third-order valence-corrected chi connectivity index (χ3v) is 3.41. The molecule has 12 heavy (non-hydrogen) atoms. The van der Waals surface area contributed by atoms with Gasteiger partial charge < -0.3 is 5.32 Å². The Bertz CT molecular complexity index is 177. The van der Waals surface area contributed by atoms with Crippen LogP contribution in [-0.2, 0) is 0 Å². The first kappa shape index (κ1) is 9.90. The first-order chi connectivity index (χ1) is 5.63. The molecule has 0 amide bonds. The van der Waals surface area contributed by atoms with Gasteiger partial charge in [-0.1, -0.05) is 18.7 Å². The van der Waals surface area contributed by atoms with Gasteiger partial charge in [-0.15, -0.1) is 0 Å². The highest BCUT2D eigenvalue weighted by Crippen LogP contribution is 2.27. The summed E-state index contributed by atoms with van der Waals surface area (Å²) in [4.78, 5) is 4.55. The van der Waals surface area contributed by atoms with Gasteiger partial charge in [0, 0.05) is 11.3 Å². The van der Waals surface area contributed by atoms with Gasteiger partial charge in [-0.05, 0) is 27.2 Å². The van der Waals surface area contributed by atoms with Gasteiger partial charge in [0.15, 0.2) is 5.17 Å². The van der Waals surface area contributed by atoms with Crippen molar-refractivity contribution in [3.63, 3.8) is 0 Å². The second kappa shape index (κ2) is 4.17. The monoisotopic (exact) mass is 186 g/mol. The molecule has 1 aliphatic heterocycles. The number of aliphatic imine (C=N–C) groups is 1. The first-order valence-corrected chi connectivity index (χ1v) is 5.52.